The van der Waals surface area contributed by atoms with E-state index in [-0.39, 0.29) is 23.8 Å². The number of nitrogens with zero attached hydrogens (tertiary/aromatic N) is 1. The predicted molar refractivity (Wildman–Crippen MR) is 75.9 cm³/mol. The standard InChI is InChI=1S/C16H20F2N2O/c1-20(11-4-6-19-7-5-11)16(21)14-9-13(14)12-3-2-10(17)8-15(12)18/h2-3,8,11,13-14,19H,4-7,9H2,1H3/t13-,14+/m0/s1. The molecule has 0 aromatic heterocycles. The molecule has 0 unspecified atom stereocenters. The highest BCUT2D eigenvalue weighted by Gasteiger charge is 2.47. The average Bonchev–Trinajstić information content (AvgIpc) is 3.27. The predicted octanol–water partition coefficient (Wildman–Crippen LogP) is 2.28. The van der Waals surface area contributed by atoms with Gasteiger partial charge in [0.2, 0.25) is 5.91 Å². The van der Waals surface area contributed by atoms with Crippen molar-refractivity contribution in [3.63, 3.8) is 0 Å². The van der Waals surface area contributed by atoms with E-state index in [4.69, 9.17) is 0 Å². The Hall–Kier alpha value is -1.49. The van der Waals surface area contributed by atoms with Gasteiger partial charge in [-0.25, -0.2) is 8.78 Å². The number of amides is 1. The van der Waals surface area contributed by atoms with Crippen molar-refractivity contribution in [3.05, 3.63) is 35.4 Å². The van der Waals surface area contributed by atoms with Crippen molar-refractivity contribution >= 4 is 5.91 Å². The Labute approximate surface area is 123 Å². The summed E-state index contributed by atoms with van der Waals surface area (Å²) in [7, 11) is 1.84. The van der Waals surface area contributed by atoms with Gasteiger partial charge in [-0.2, -0.15) is 0 Å². The summed E-state index contributed by atoms with van der Waals surface area (Å²) in [6, 6.07) is 3.89. The number of hydrogen-bond donors (Lipinski definition) is 1. The highest BCUT2D eigenvalue weighted by atomic mass is 19.1. The van der Waals surface area contributed by atoms with E-state index in [9.17, 15) is 13.6 Å². The first-order valence-electron chi connectivity index (χ1n) is 7.50. The topological polar surface area (TPSA) is 32.3 Å². The highest BCUT2D eigenvalue weighted by Crippen LogP contribution is 2.49. The minimum absolute atomic E-state index is 0.0932. The zero-order chi connectivity index (χ0) is 15.0. The summed E-state index contributed by atoms with van der Waals surface area (Å²) < 4.78 is 26.7. The van der Waals surface area contributed by atoms with Crippen LogP contribution in [-0.2, 0) is 4.79 Å². The van der Waals surface area contributed by atoms with Crippen molar-refractivity contribution < 1.29 is 13.6 Å². The molecule has 1 aliphatic heterocycles. The summed E-state index contributed by atoms with van der Waals surface area (Å²) in [5.74, 6) is -1.27. The number of halogens is 2. The van der Waals surface area contributed by atoms with Gasteiger partial charge in [0, 0.05) is 25.1 Å². The maximum atomic E-state index is 13.8. The third-order valence-electron chi connectivity index (χ3n) is 4.67. The van der Waals surface area contributed by atoms with Gasteiger partial charge in [0.15, 0.2) is 0 Å². The zero-order valence-electron chi connectivity index (χ0n) is 12.1. The molecule has 1 amide bonds. The Morgan fingerprint density at radius 1 is 1.29 bits per heavy atom. The lowest BCUT2D eigenvalue weighted by atomic mass is 10.0. The molecule has 1 aromatic carbocycles. The van der Waals surface area contributed by atoms with E-state index in [1.165, 1.54) is 12.1 Å². The van der Waals surface area contributed by atoms with Crippen LogP contribution < -0.4 is 5.32 Å². The van der Waals surface area contributed by atoms with Crippen molar-refractivity contribution in [2.45, 2.75) is 31.2 Å². The minimum Gasteiger partial charge on any atom is -0.342 e. The second-order valence-electron chi connectivity index (χ2n) is 6.04. The second kappa shape index (κ2) is 5.72. The number of benzene rings is 1. The molecular formula is C16H20F2N2O. The number of rotatable bonds is 3. The molecule has 1 N–H and O–H groups in total. The Balaban J connectivity index is 1.65. The molecule has 1 saturated heterocycles. The van der Waals surface area contributed by atoms with Crippen LogP contribution in [0.4, 0.5) is 8.78 Å². The van der Waals surface area contributed by atoms with Gasteiger partial charge in [0.25, 0.3) is 0 Å². The van der Waals surface area contributed by atoms with E-state index in [0.29, 0.717) is 12.0 Å². The fraction of sp³-hybridized carbons (Fsp3) is 0.562. The molecule has 0 radical (unpaired) electrons. The van der Waals surface area contributed by atoms with E-state index in [1.54, 1.807) is 0 Å². The Bertz CT molecular complexity index is 543. The Kier molecular flexibility index (Phi) is 3.93. The number of piperidine rings is 1. The van der Waals surface area contributed by atoms with E-state index >= 15 is 0 Å². The van der Waals surface area contributed by atoms with Crippen LogP contribution in [0.25, 0.3) is 0 Å². The molecule has 2 atom stereocenters. The number of carbonyl (C=O) groups is 1. The molecule has 5 heteroatoms. The Morgan fingerprint density at radius 2 is 2.00 bits per heavy atom. The molecule has 3 rings (SSSR count). The van der Waals surface area contributed by atoms with Crippen LogP contribution in [0.1, 0.15) is 30.7 Å². The van der Waals surface area contributed by atoms with Crippen molar-refractivity contribution in [3.8, 4) is 0 Å². The molecule has 0 spiro atoms. The van der Waals surface area contributed by atoms with Gasteiger partial charge in [0.05, 0.1) is 0 Å². The monoisotopic (exact) mass is 294 g/mol. The molecule has 2 aliphatic rings. The largest absolute Gasteiger partial charge is 0.342 e. The van der Waals surface area contributed by atoms with Gasteiger partial charge in [-0.15, -0.1) is 0 Å². The molecule has 1 aliphatic carbocycles. The fourth-order valence-corrected chi connectivity index (χ4v) is 3.25. The molecule has 2 fully saturated rings. The lowest BCUT2D eigenvalue weighted by Gasteiger charge is -2.32. The molecule has 1 heterocycles. The van der Waals surface area contributed by atoms with Crippen LogP contribution in [0.5, 0.6) is 0 Å². The zero-order valence-corrected chi connectivity index (χ0v) is 12.1. The quantitative estimate of drug-likeness (QED) is 0.927. The van der Waals surface area contributed by atoms with Crippen LogP contribution >= 0.6 is 0 Å². The minimum atomic E-state index is -0.577. The lowest BCUT2D eigenvalue weighted by molar-refractivity contribution is -0.133. The van der Waals surface area contributed by atoms with Gasteiger partial charge in [0.1, 0.15) is 11.6 Å². The van der Waals surface area contributed by atoms with E-state index < -0.39 is 11.6 Å². The maximum absolute atomic E-state index is 13.8. The second-order valence-corrected chi connectivity index (χ2v) is 6.04. The lowest BCUT2D eigenvalue weighted by Crippen LogP contribution is -2.44. The maximum Gasteiger partial charge on any atom is 0.226 e. The number of hydrogen-bond acceptors (Lipinski definition) is 2. The summed E-state index contributed by atoms with van der Waals surface area (Å²) in [4.78, 5) is 14.3. The number of nitrogens with one attached hydrogen (secondary N) is 1. The summed E-state index contributed by atoms with van der Waals surface area (Å²) in [6.45, 7) is 1.87. The van der Waals surface area contributed by atoms with Gasteiger partial charge < -0.3 is 10.2 Å². The normalized spacial score (nSPS) is 25.7. The SMILES string of the molecule is CN(C(=O)[C@@H]1C[C@H]1c1ccc(F)cc1F)C1CCNCC1. The summed E-state index contributed by atoms with van der Waals surface area (Å²) >= 11 is 0. The van der Waals surface area contributed by atoms with Crippen molar-refractivity contribution in [2.24, 2.45) is 5.92 Å². The molecule has 1 aromatic rings. The molecule has 1 saturated carbocycles. The van der Waals surface area contributed by atoms with Gasteiger partial charge in [-0.05, 0) is 49.9 Å². The highest BCUT2D eigenvalue weighted by molar-refractivity contribution is 5.83. The van der Waals surface area contributed by atoms with Crippen LogP contribution in [-0.4, -0.2) is 37.0 Å². The van der Waals surface area contributed by atoms with E-state index in [1.807, 2.05) is 11.9 Å². The number of carbonyl (C=O) groups excluding carboxylic acids is 1. The fourth-order valence-electron chi connectivity index (χ4n) is 3.25. The Morgan fingerprint density at radius 3 is 2.67 bits per heavy atom. The van der Waals surface area contributed by atoms with Crippen LogP contribution in [0.2, 0.25) is 0 Å². The van der Waals surface area contributed by atoms with Crippen molar-refractivity contribution in [1.29, 1.82) is 0 Å². The first-order chi connectivity index (χ1) is 10.1. The third-order valence-corrected chi connectivity index (χ3v) is 4.67. The summed E-state index contributed by atoms with van der Waals surface area (Å²) in [6.07, 6.45) is 2.59. The third kappa shape index (κ3) is 2.93. The van der Waals surface area contributed by atoms with E-state index in [0.717, 1.165) is 32.0 Å². The summed E-state index contributed by atoms with van der Waals surface area (Å²) in [5.41, 5.74) is 0.466. The van der Waals surface area contributed by atoms with Gasteiger partial charge in [-0.3, -0.25) is 4.79 Å². The van der Waals surface area contributed by atoms with Crippen LogP contribution in [0.3, 0.4) is 0 Å². The first-order valence-corrected chi connectivity index (χ1v) is 7.50. The first kappa shape index (κ1) is 14.4. The van der Waals surface area contributed by atoms with Crippen LogP contribution in [0, 0.1) is 17.6 Å². The molecule has 21 heavy (non-hydrogen) atoms. The smallest absolute Gasteiger partial charge is 0.226 e. The van der Waals surface area contributed by atoms with E-state index in [2.05, 4.69) is 5.32 Å². The van der Waals surface area contributed by atoms with Gasteiger partial charge in [-0.1, -0.05) is 6.07 Å². The molecular weight excluding hydrogens is 274 g/mol. The van der Waals surface area contributed by atoms with Gasteiger partial charge >= 0.3 is 0 Å². The molecule has 114 valence electrons. The van der Waals surface area contributed by atoms with Crippen molar-refractivity contribution in [1.82, 2.24) is 10.2 Å². The average molecular weight is 294 g/mol. The molecule has 3 nitrogen and oxygen atoms in total. The summed E-state index contributed by atoms with van der Waals surface area (Å²) in [5, 5.41) is 3.28. The molecule has 0 bridgehead atoms. The van der Waals surface area contributed by atoms with Crippen LogP contribution in [0.15, 0.2) is 18.2 Å². The van der Waals surface area contributed by atoms with Crippen molar-refractivity contribution in [2.75, 3.05) is 20.1 Å².